The van der Waals surface area contributed by atoms with Crippen LogP contribution in [0.3, 0.4) is 0 Å². The third-order valence-corrected chi connectivity index (χ3v) is 4.97. The summed E-state index contributed by atoms with van der Waals surface area (Å²) in [6, 6.07) is 14.2. The van der Waals surface area contributed by atoms with Crippen molar-refractivity contribution in [2.75, 3.05) is 10.6 Å². The van der Waals surface area contributed by atoms with E-state index in [1.807, 2.05) is 31.2 Å². The van der Waals surface area contributed by atoms with Crippen molar-refractivity contribution < 1.29 is 4.79 Å². The van der Waals surface area contributed by atoms with Gasteiger partial charge >= 0.3 is 0 Å². The average molecular weight is 446 g/mol. The molecule has 9 heteroatoms. The molecule has 1 amide bonds. The molecular formula is C18H14BrClN6O. The Hall–Kier alpha value is -2.71. The van der Waals surface area contributed by atoms with Crippen LogP contribution >= 0.6 is 27.5 Å². The fraction of sp³-hybridized carbons (Fsp3) is 0.111. The molecule has 0 aliphatic carbocycles. The third-order valence-electron chi connectivity index (χ3n) is 4.23. The summed E-state index contributed by atoms with van der Waals surface area (Å²) in [6.07, 6.45) is 0. The zero-order valence-electron chi connectivity index (χ0n) is 14.1. The van der Waals surface area contributed by atoms with Crippen LogP contribution in [-0.2, 0) is 4.79 Å². The summed E-state index contributed by atoms with van der Waals surface area (Å²) < 4.78 is 2.51. The molecule has 2 N–H and O–H groups in total. The van der Waals surface area contributed by atoms with E-state index in [-0.39, 0.29) is 5.91 Å². The van der Waals surface area contributed by atoms with Gasteiger partial charge in [0.1, 0.15) is 6.04 Å². The summed E-state index contributed by atoms with van der Waals surface area (Å²) in [5.41, 5.74) is 2.76. The molecule has 3 aromatic rings. The number of rotatable bonds is 3. The van der Waals surface area contributed by atoms with Crippen LogP contribution < -0.4 is 10.6 Å². The minimum atomic E-state index is -0.457. The summed E-state index contributed by atoms with van der Waals surface area (Å²) in [6.45, 7) is 1.83. The van der Waals surface area contributed by atoms with Gasteiger partial charge in [0.05, 0.1) is 5.57 Å². The lowest BCUT2D eigenvalue weighted by Crippen LogP contribution is -2.31. The Kier molecular flexibility index (Phi) is 4.67. The molecular weight excluding hydrogens is 432 g/mol. The largest absolute Gasteiger partial charge is 0.326 e. The van der Waals surface area contributed by atoms with Gasteiger partial charge in [0.2, 0.25) is 5.95 Å². The number of nitrogens with one attached hydrogen (secondary N) is 2. The number of aromatic nitrogens is 4. The lowest BCUT2D eigenvalue weighted by molar-refractivity contribution is -0.113. The van der Waals surface area contributed by atoms with Gasteiger partial charge in [-0.25, -0.2) is 0 Å². The van der Waals surface area contributed by atoms with E-state index in [1.165, 1.54) is 0 Å². The Morgan fingerprint density at radius 3 is 2.78 bits per heavy atom. The first-order valence-corrected chi connectivity index (χ1v) is 9.28. The predicted molar refractivity (Wildman–Crippen MR) is 107 cm³/mol. The first-order valence-electron chi connectivity index (χ1n) is 8.11. The van der Waals surface area contributed by atoms with Gasteiger partial charge in [0.25, 0.3) is 5.91 Å². The Labute approximate surface area is 168 Å². The van der Waals surface area contributed by atoms with E-state index in [9.17, 15) is 4.79 Å². The van der Waals surface area contributed by atoms with Crippen LogP contribution in [0.2, 0.25) is 5.02 Å². The summed E-state index contributed by atoms with van der Waals surface area (Å²) in [5, 5.41) is 18.4. The van der Waals surface area contributed by atoms with Crippen LogP contribution in [0, 0.1) is 0 Å². The number of anilines is 2. The molecule has 2 heterocycles. The third kappa shape index (κ3) is 3.45. The number of halogens is 2. The molecule has 1 aliphatic rings. The highest BCUT2D eigenvalue weighted by atomic mass is 79.9. The fourth-order valence-electron chi connectivity index (χ4n) is 3.02. The SMILES string of the molecule is CC1=C(C(=O)Nc2ccc(Cl)cc2)[C@@H](c2cccc(Br)c2)n2nnnc2N1. The minimum Gasteiger partial charge on any atom is -0.326 e. The zero-order chi connectivity index (χ0) is 19.0. The second-order valence-electron chi connectivity index (χ2n) is 6.03. The smallest absolute Gasteiger partial charge is 0.255 e. The highest BCUT2D eigenvalue weighted by Crippen LogP contribution is 2.35. The maximum absolute atomic E-state index is 13.1. The normalized spacial score (nSPS) is 15.9. The van der Waals surface area contributed by atoms with E-state index in [1.54, 1.807) is 28.9 Å². The molecule has 0 saturated carbocycles. The second-order valence-corrected chi connectivity index (χ2v) is 7.38. The van der Waals surface area contributed by atoms with E-state index in [0.29, 0.717) is 27.9 Å². The molecule has 0 radical (unpaired) electrons. The molecule has 0 saturated heterocycles. The van der Waals surface area contributed by atoms with Gasteiger partial charge in [0, 0.05) is 20.9 Å². The minimum absolute atomic E-state index is 0.242. The summed E-state index contributed by atoms with van der Waals surface area (Å²) in [7, 11) is 0. The molecule has 1 atom stereocenters. The van der Waals surface area contributed by atoms with Gasteiger partial charge < -0.3 is 10.6 Å². The molecule has 0 fully saturated rings. The van der Waals surface area contributed by atoms with Crippen molar-refractivity contribution in [3.8, 4) is 0 Å². The quantitative estimate of drug-likeness (QED) is 0.636. The standard InChI is InChI=1S/C18H14BrClN6O/c1-10-15(17(27)22-14-7-5-13(20)6-8-14)16(11-3-2-4-12(19)9-11)26-18(21-10)23-24-25-26/h2-9,16H,1H3,(H,22,27)(H,21,23,25)/t16-/m1/s1. The van der Waals surface area contributed by atoms with Crippen LogP contribution in [0.4, 0.5) is 11.6 Å². The number of carbonyl (C=O) groups excluding carboxylic acids is 1. The van der Waals surface area contributed by atoms with Crippen molar-refractivity contribution in [1.29, 1.82) is 0 Å². The van der Waals surface area contributed by atoms with E-state index in [2.05, 4.69) is 42.1 Å². The Morgan fingerprint density at radius 2 is 2.04 bits per heavy atom. The summed E-state index contributed by atoms with van der Waals surface area (Å²) in [4.78, 5) is 13.1. The monoisotopic (exact) mass is 444 g/mol. The maximum atomic E-state index is 13.1. The number of amides is 1. The number of fused-ring (bicyclic) bond motifs is 1. The number of hydrogen-bond donors (Lipinski definition) is 2. The van der Waals surface area contributed by atoms with Gasteiger partial charge in [-0.05, 0) is 59.3 Å². The van der Waals surface area contributed by atoms with Crippen molar-refractivity contribution in [3.05, 3.63) is 74.9 Å². The zero-order valence-corrected chi connectivity index (χ0v) is 16.5. The van der Waals surface area contributed by atoms with Crippen LogP contribution in [0.1, 0.15) is 18.5 Å². The van der Waals surface area contributed by atoms with Crippen molar-refractivity contribution >= 4 is 45.1 Å². The molecule has 4 rings (SSSR count). The maximum Gasteiger partial charge on any atom is 0.255 e. The molecule has 0 spiro atoms. The van der Waals surface area contributed by atoms with Gasteiger partial charge in [-0.15, -0.1) is 0 Å². The number of hydrogen-bond acceptors (Lipinski definition) is 5. The van der Waals surface area contributed by atoms with Crippen LogP contribution in [0.15, 0.2) is 64.3 Å². The van der Waals surface area contributed by atoms with Crippen molar-refractivity contribution in [3.63, 3.8) is 0 Å². The Balaban J connectivity index is 1.76. The lowest BCUT2D eigenvalue weighted by atomic mass is 9.95. The highest BCUT2D eigenvalue weighted by molar-refractivity contribution is 9.10. The number of nitrogens with zero attached hydrogens (tertiary/aromatic N) is 4. The Bertz CT molecular complexity index is 1050. The van der Waals surface area contributed by atoms with Gasteiger partial charge in [-0.2, -0.15) is 4.68 Å². The van der Waals surface area contributed by atoms with Gasteiger partial charge in [0.15, 0.2) is 0 Å². The predicted octanol–water partition coefficient (Wildman–Crippen LogP) is 4.02. The number of carbonyl (C=O) groups is 1. The summed E-state index contributed by atoms with van der Waals surface area (Å²) in [5.74, 6) is 0.244. The van der Waals surface area contributed by atoms with Crippen LogP contribution in [0.5, 0.6) is 0 Å². The van der Waals surface area contributed by atoms with E-state index in [4.69, 9.17) is 11.6 Å². The molecule has 136 valence electrons. The van der Waals surface area contributed by atoms with Gasteiger partial charge in [-0.1, -0.05) is 44.8 Å². The van der Waals surface area contributed by atoms with E-state index >= 15 is 0 Å². The van der Waals surface area contributed by atoms with Crippen LogP contribution in [-0.4, -0.2) is 26.1 Å². The van der Waals surface area contributed by atoms with Crippen molar-refractivity contribution in [2.24, 2.45) is 0 Å². The average Bonchev–Trinajstić information content (AvgIpc) is 3.10. The highest BCUT2D eigenvalue weighted by Gasteiger charge is 2.34. The molecule has 0 unspecified atom stereocenters. The lowest BCUT2D eigenvalue weighted by Gasteiger charge is -2.28. The van der Waals surface area contributed by atoms with Gasteiger partial charge in [-0.3, -0.25) is 4.79 Å². The fourth-order valence-corrected chi connectivity index (χ4v) is 3.57. The molecule has 2 aromatic carbocycles. The summed E-state index contributed by atoms with van der Waals surface area (Å²) >= 11 is 9.41. The van der Waals surface area contributed by atoms with Crippen molar-refractivity contribution in [2.45, 2.75) is 13.0 Å². The van der Waals surface area contributed by atoms with Crippen molar-refractivity contribution in [1.82, 2.24) is 20.2 Å². The topological polar surface area (TPSA) is 84.7 Å². The molecule has 1 aliphatic heterocycles. The first-order chi connectivity index (χ1) is 13.0. The van der Waals surface area contributed by atoms with E-state index < -0.39 is 6.04 Å². The molecule has 27 heavy (non-hydrogen) atoms. The molecule has 1 aromatic heterocycles. The number of allylic oxidation sites excluding steroid dienone is 1. The Morgan fingerprint density at radius 1 is 1.26 bits per heavy atom. The second kappa shape index (κ2) is 7.13. The molecule has 0 bridgehead atoms. The number of tetrazole rings is 1. The first kappa shape index (κ1) is 17.7. The number of benzene rings is 2. The molecule has 7 nitrogen and oxygen atoms in total. The van der Waals surface area contributed by atoms with E-state index in [0.717, 1.165) is 10.0 Å². The van der Waals surface area contributed by atoms with Crippen LogP contribution in [0.25, 0.3) is 0 Å².